The first-order chi connectivity index (χ1) is 7.26. The molecule has 4 heteroatoms. The third kappa shape index (κ3) is 8.17. The Kier molecular flexibility index (Phi) is 11.1. The minimum atomic E-state index is 0.113. The SMILES string of the molecule is C=CC(=O)N(CCC[AsH]C)CCC[AsH]C. The van der Waals surface area contributed by atoms with Crippen LogP contribution in [-0.4, -0.2) is 55.4 Å². The van der Waals surface area contributed by atoms with Gasteiger partial charge in [0.15, 0.2) is 0 Å². The van der Waals surface area contributed by atoms with Crippen molar-refractivity contribution in [3.8, 4) is 0 Å². The second-order valence-corrected chi connectivity index (χ2v) is 8.51. The molecule has 1 amide bonds. The molecule has 0 aliphatic rings. The van der Waals surface area contributed by atoms with Gasteiger partial charge in [0.05, 0.1) is 0 Å². The van der Waals surface area contributed by atoms with Crippen molar-refractivity contribution in [1.82, 2.24) is 4.90 Å². The summed E-state index contributed by atoms with van der Waals surface area (Å²) in [6.07, 6.45) is 3.81. The fourth-order valence-electron chi connectivity index (χ4n) is 1.35. The Labute approximate surface area is 107 Å². The van der Waals surface area contributed by atoms with Crippen molar-refractivity contribution >= 4 is 37.4 Å². The van der Waals surface area contributed by atoms with Gasteiger partial charge in [-0.25, -0.2) is 0 Å². The Morgan fingerprint density at radius 1 is 1.20 bits per heavy atom. The van der Waals surface area contributed by atoms with Crippen LogP contribution in [0.5, 0.6) is 0 Å². The molecule has 0 aromatic carbocycles. The molecule has 0 rings (SSSR count). The van der Waals surface area contributed by atoms with E-state index < -0.39 is 0 Å². The quantitative estimate of drug-likeness (QED) is 0.356. The average Bonchev–Trinajstić information content (AvgIpc) is 2.26. The van der Waals surface area contributed by atoms with Crippen molar-refractivity contribution in [2.75, 3.05) is 13.1 Å². The van der Waals surface area contributed by atoms with Crippen molar-refractivity contribution < 1.29 is 4.79 Å². The summed E-state index contributed by atoms with van der Waals surface area (Å²) in [7, 11) is 0. The summed E-state index contributed by atoms with van der Waals surface area (Å²) in [5.74, 6) is 0.113. The molecule has 0 spiro atoms. The van der Waals surface area contributed by atoms with E-state index in [0.29, 0.717) is 0 Å². The van der Waals surface area contributed by atoms with Gasteiger partial charge in [-0.3, -0.25) is 0 Å². The molecule has 0 bridgehead atoms. The van der Waals surface area contributed by atoms with E-state index in [0.717, 1.165) is 13.1 Å². The first-order valence-corrected chi connectivity index (χ1v) is 12.6. The molecule has 0 saturated carbocycles. The summed E-state index contributed by atoms with van der Waals surface area (Å²) in [4.78, 5) is 13.5. The summed E-state index contributed by atoms with van der Waals surface area (Å²) in [5, 5.41) is 2.67. The molecular formula is C11H23As2NO. The number of carbonyl (C=O) groups is 1. The summed E-state index contributed by atoms with van der Waals surface area (Å²) < 4.78 is 0. The molecule has 0 N–H and O–H groups in total. The molecule has 0 aromatic rings. The van der Waals surface area contributed by atoms with Crippen LogP contribution < -0.4 is 0 Å². The van der Waals surface area contributed by atoms with Gasteiger partial charge in [0, 0.05) is 0 Å². The third-order valence-corrected chi connectivity index (χ3v) is 5.78. The zero-order valence-corrected chi connectivity index (χ0v) is 14.1. The first-order valence-electron chi connectivity index (χ1n) is 5.46. The van der Waals surface area contributed by atoms with Crippen molar-refractivity contribution in [1.29, 1.82) is 0 Å². The third-order valence-electron chi connectivity index (χ3n) is 2.20. The first kappa shape index (κ1) is 15.3. The van der Waals surface area contributed by atoms with Crippen LogP contribution in [0, 0.1) is 0 Å². The van der Waals surface area contributed by atoms with Gasteiger partial charge >= 0.3 is 108 Å². The van der Waals surface area contributed by atoms with E-state index >= 15 is 0 Å². The molecule has 0 fully saturated rings. The molecule has 2 nitrogen and oxygen atoms in total. The number of amides is 1. The van der Waals surface area contributed by atoms with Crippen molar-refractivity contribution in [3.05, 3.63) is 12.7 Å². The second kappa shape index (κ2) is 10.8. The molecule has 0 aliphatic carbocycles. The number of hydrogen-bond acceptors (Lipinski definition) is 1. The van der Waals surface area contributed by atoms with Gasteiger partial charge in [0.2, 0.25) is 0 Å². The van der Waals surface area contributed by atoms with Gasteiger partial charge in [0.1, 0.15) is 0 Å². The van der Waals surface area contributed by atoms with Crippen LogP contribution in [0.4, 0.5) is 0 Å². The van der Waals surface area contributed by atoms with Crippen LogP contribution in [0.15, 0.2) is 12.7 Å². The predicted molar refractivity (Wildman–Crippen MR) is 71.7 cm³/mol. The second-order valence-electron chi connectivity index (χ2n) is 3.44. The maximum absolute atomic E-state index is 11.5. The Balaban J connectivity index is 3.84. The van der Waals surface area contributed by atoms with Gasteiger partial charge in [-0.15, -0.1) is 0 Å². The minimum absolute atomic E-state index is 0.113. The molecule has 0 radical (unpaired) electrons. The summed E-state index contributed by atoms with van der Waals surface area (Å²) in [6.45, 7) is 5.44. The molecule has 0 aliphatic heterocycles. The maximum atomic E-state index is 11.5. The van der Waals surface area contributed by atoms with E-state index in [1.54, 1.807) is 0 Å². The van der Waals surface area contributed by atoms with E-state index in [1.165, 1.54) is 29.3 Å². The van der Waals surface area contributed by atoms with E-state index in [-0.39, 0.29) is 37.4 Å². The summed E-state index contributed by atoms with van der Waals surface area (Å²) in [6, 6.07) is 0. The zero-order chi connectivity index (χ0) is 11.5. The Hall–Kier alpha value is 0.327. The zero-order valence-electron chi connectivity index (χ0n) is 9.88. The van der Waals surface area contributed by atoms with E-state index in [4.69, 9.17) is 0 Å². The van der Waals surface area contributed by atoms with Crippen LogP contribution in [-0.2, 0) is 4.79 Å². The van der Waals surface area contributed by atoms with Crippen molar-refractivity contribution in [3.63, 3.8) is 0 Å². The van der Waals surface area contributed by atoms with Crippen molar-refractivity contribution in [2.24, 2.45) is 0 Å². The monoisotopic (exact) mass is 335 g/mol. The van der Waals surface area contributed by atoms with Gasteiger partial charge in [-0.05, 0) is 0 Å². The van der Waals surface area contributed by atoms with Crippen LogP contribution in [0.25, 0.3) is 0 Å². The Morgan fingerprint density at radius 2 is 1.67 bits per heavy atom. The normalized spacial score (nSPS) is 11.6. The van der Waals surface area contributed by atoms with E-state index in [1.807, 2.05) is 4.90 Å². The topological polar surface area (TPSA) is 20.3 Å². The predicted octanol–water partition coefficient (Wildman–Crippen LogP) is 1.59. The Bertz CT molecular complexity index is 175. The van der Waals surface area contributed by atoms with E-state index in [9.17, 15) is 4.79 Å². The number of nitrogens with zero attached hydrogens (tertiary/aromatic N) is 1. The van der Waals surface area contributed by atoms with Crippen LogP contribution >= 0.6 is 0 Å². The van der Waals surface area contributed by atoms with Gasteiger partial charge in [-0.1, -0.05) is 0 Å². The molecule has 2 atom stereocenters. The number of hydrogen-bond donors (Lipinski definition) is 0. The number of carbonyl (C=O) groups excluding carboxylic acids is 1. The molecular weight excluding hydrogens is 312 g/mol. The summed E-state index contributed by atoms with van der Waals surface area (Å²) >= 11 is 0.527. The van der Waals surface area contributed by atoms with Crippen LogP contribution in [0.3, 0.4) is 0 Å². The molecule has 0 saturated heterocycles. The van der Waals surface area contributed by atoms with Crippen LogP contribution in [0.1, 0.15) is 12.8 Å². The summed E-state index contributed by atoms with van der Waals surface area (Å²) in [5.41, 5.74) is 4.61. The standard InChI is InChI=1S/C11H23As2NO/c1-4-11(15)14(9-5-7-12-2)10-6-8-13-3/h4,12-13H,1,5-10H2,2-3H3. The van der Waals surface area contributed by atoms with Crippen molar-refractivity contribution in [2.45, 2.75) is 34.7 Å². The molecule has 15 heavy (non-hydrogen) atoms. The fraction of sp³-hybridized carbons (Fsp3) is 0.727. The average molecular weight is 335 g/mol. The molecule has 0 heterocycles. The van der Waals surface area contributed by atoms with E-state index in [2.05, 4.69) is 18.0 Å². The molecule has 2 unspecified atom stereocenters. The van der Waals surface area contributed by atoms with Gasteiger partial charge < -0.3 is 0 Å². The van der Waals surface area contributed by atoms with Crippen LogP contribution in [0.2, 0.25) is 21.8 Å². The number of rotatable bonds is 9. The Morgan fingerprint density at radius 3 is 2.00 bits per heavy atom. The molecule has 88 valence electrons. The molecule has 0 aromatic heterocycles. The van der Waals surface area contributed by atoms with Gasteiger partial charge in [-0.2, -0.15) is 0 Å². The van der Waals surface area contributed by atoms with Gasteiger partial charge in [0.25, 0.3) is 0 Å². The fourth-order valence-corrected chi connectivity index (χ4v) is 3.50.